The summed E-state index contributed by atoms with van der Waals surface area (Å²) in [6.45, 7) is 1.49. The second kappa shape index (κ2) is 6.74. The zero-order valence-electron chi connectivity index (χ0n) is 15.0. The smallest absolute Gasteiger partial charge is 0.232 e. The SMILES string of the molecule is COc1ccc([C@@H]2C(C(=O)N3CCCC3)CC(=O)N2C(=O)C2CC2)cc1. The van der Waals surface area contributed by atoms with E-state index in [2.05, 4.69) is 0 Å². The van der Waals surface area contributed by atoms with E-state index in [4.69, 9.17) is 4.74 Å². The van der Waals surface area contributed by atoms with Crippen LogP contribution in [0.2, 0.25) is 0 Å². The summed E-state index contributed by atoms with van der Waals surface area (Å²) < 4.78 is 5.21. The zero-order chi connectivity index (χ0) is 18.3. The van der Waals surface area contributed by atoms with Gasteiger partial charge < -0.3 is 9.64 Å². The molecule has 6 heteroatoms. The number of imide groups is 1. The number of ether oxygens (including phenoxy) is 1. The number of rotatable bonds is 4. The summed E-state index contributed by atoms with van der Waals surface area (Å²) in [4.78, 5) is 41.7. The molecule has 1 unspecified atom stereocenters. The van der Waals surface area contributed by atoms with Gasteiger partial charge in [0.2, 0.25) is 17.7 Å². The van der Waals surface area contributed by atoms with E-state index in [0.717, 1.165) is 44.3 Å². The van der Waals surface area contributed by atoms with E-state index < -0.39 is 12.0 Å². The van der Waals surface area contributed by atoms with Crippen LogP contribution in [0.4, 0.5) is 0 Å². The van der Waals surface area contributed by atoms with Crippen LogP contribution >= 0.6 is 0 Å². The highest BCUT2D eigenvalue weighted by atomic mass is 16.5. The highest BCUT2D eigenvalue weighted by Gasteiger charge is 2.51. The molecule has 26 heavy (non-hydrogen) atoms. The first kappa shape index (κ1) is 17.1. The predicted octanol–water partition coefficient (Wildman–Crippen LogP) is 2.14. The van der Waals surface area contributed by atoms with Crippen molar-refractivity contribution in [2.24, 2.45) is 11.8 Å². The fourth-order valence-electron chi connectivity index (χ4n) is 4.10. The lowest BCUT2D eigenvalue weighted by atomic mass is 9.92. The van der Waals surface area contributed by atoms with Gasteiger partial charge >= 0.3 is 0 Å². The average Bonchev–Trinajstić information content (AvgIpc) is 3.25. The van der Waals surface area contributed by atoms with E-state index in [0.29, 0.717) is 5.75 Å². The standard InChI is InChI=1S/C20H24N2O4/c1-26-15-8-6-13(7-9-15)18-16(20(25)21-10-2-3-11-21)12-17(23)22(18)19(24)14-4-5-14/h6-9,14,16,18H,2-5,10-12H2,1H3/t16?,18-/m1/s1. The first-order valence-corrected chi connectivity index (χ1v) is 9.39. The van der Waals surface area contributed by atoms with Gasteiger partial charge in [0.15, 0.2) is 0 Å². The van der Waals surface area contributed by atoms with E-state index in [1.165, 1.54) is 4.90 Å². The summed E-state index contributed by atoms with van der Waals surface area (Å²) in [5, 5.41) is 0. The first-order valence-electron chi connectivity index (χ1n) is 9.39. The minimum Gasteiger partial charge on any atom is -0.497 e. The maximum absolute atomic E-state index is 13.1. The van der Waals surface area contributed by atoms with Gasteiger partial charge in [0.05, 0.1) is 19.1 Å². The number of benzene rings is 1. The maximum Gasteiger partial charge on any atom is 0.232 e. The highest BCUT2D eigenvalue weighted by Crippen LogP contribution is 2.43. The van der Waals surface area contributed by atoms with Crippen molar-refractivity contribution in [1.82, 2.24) is 9.80 Å². The number of carbonyl (C=O) groups is 3. The fraction of sp³-hybridized carbons (Fsp3) is 0.550. The third-order valence-corrected chi connectivity index (χ3v) is 5.68. The monoisotopic (exact) mass is 356 g/mol. The number of likely N-dealkylation sites (tertiary alicyclic amines) is 2. The topological polar surface area (TPSA) is 66.9 Å². The van der Waals surface area contributed by atoms with Crippen LogP contribution in [0, 0.1) is 11.8 Å². The lowest BCUT2D eigenvalue weighted by molar-refractivity contribution is -0.145. The average molecular weight is 356 g/mol. The molecule has 1 aromatic carbocycles. The minimum atomic E-state index is -0.505. The van der Waals surface area contributed by atoms with Crippen LogP contribution in [0.15, 0.2) is 24.3 Å². The van der Waals surface area contributed by atoms with Crippen molar-refractivity contribution in [2.45, 2.75) is 38.1 Å². The number of nitrogens with zero attached hydrogens (tertiary/aromatic N) is 2. The predicted molar refractivity (Wildman–Crippen MR) is 94.2 cm³/mol. The largest absolute Gasteiger partial charge is 0.497 e. The Hall–Kier alpha value is -2.37. The van der Waals surface area contributed by atoms with Crippen LogP contribution in [0.3, 0.4) is 0 Å². The molecule has 2 saturated heterocycles. The van der Waals surface area contributed by atoms with Crippen LogP contribution in [0.5, 0.6) is 5.75 Å². The molecule has 3 fully saturated rings. The minimum absolute atomic E-state index is 0.00256. The second-order valence-electron chi connectivity index (χ2n) is 7.44. The quantitative estimate of drug-likeness (QED) is 0.775. The van der Waals surface area contributed by atoms with Crippen molar-refractivity contribution >= 4 is 17.7 Å². The van der Waals surface area contributed by atoms with Crippen molar-refractivity contribution in [1.29, 1.82) is 0 Å². The highest BCUT2D eigenvalue weighted by molar-refractivity contribution is 6.02. The van der Waals surface area contributed by atoms with Gasteiger partial charge in [-0.15, -0.1) is 0 Å². The molecule has 0 radical (unpaired) electrons. The van der Waals surface area contributed by atoms with Crippen LogP contribution in [0.25, 0.3) is 0 Å². The Kier molecular flexibility index (Phi) is 4.42. The molecule has 1 aromatic rings. The normalized spacial score (nSPS) is 25.7. The number of amides is 3. The van der Waals surface area contributed by atoms with Crippen molar-refractivity contribution in [3.05, 3.63) is 29.8 Å². The van der Waals surface area contributed by atoms with E-state index in [9.17, 15) is 14.4 Å². The molecule has 138 valence electrons. The molecular weight excluding hydrogens is 332 g/mol. The molecule has 0 aromatic heterocycles. The van der Waals surface area contributed by atoms with Crippen LogP contribution in [-0.2, 0) is 14.4 Å². The Morgan fingerprint density at radius 1 is 1.04 bits per heavy atom. The van der Waals surface area contributed by atoms with Crippen molar-refractivity contribution < 1.29 is 19.1 Å². The molecule has 1 aliphatic carbocycles. The van der Waals surface area contributed by atoms with E-state index in [1.54, 1.807) is 7.11 Å². The van der Waals surface area contributed by atoms with Gasteiger partial charge in [-0.25, -0.2) is 0 Å². The molecule has 0 N–H and O–H groups in total. The number of carbonyl (C=O) groups excluding carboxylic acids is 3. The Morgan fingerprint density at radius 2 is 1.69 bits per heavy atom. The lowest BCUT2D eigenvalue weighted by Gasteiger charge is -2.29. The molecular formula is C20H24N2O4. The number of hydrogen-bond donors (Lipinski definition) is 0. The number of hydrogen-bond acceptors (Lipinski definition) is 4. The van der Waals surface area contributed by atoms with Gasteiger partial charge in [0, 0.05) is 25.4 Å². The molecule has 2 atom stereocenters. The van der Waals surface area contributed by atoms with E-state index in [1.807, 2.05) is 29.2 Å². The van der Waals surface area contributed by atoms with E-state index in [-0.39, 0.29) is 30.1 Å². The molecule has 1 saturated carbocycles. The summed E-state index contributed by atoms with van der Waals surface area (Å²) in [5.74, 6) is -0.173. The first-order chi connectivity index (χ1) is 12.6. The Morgan fingerprint density at radius 3 is 2.27 bits per heavy atom. The van der Waals surface area contributed by atoms with E-state index >= 15 is 0 Å². The summed E-state index contributed by atoms with van der Waals surface area (Å²) in [5.41, 5.74) is 0.822. The van der Waals surface area contributed by atoms with Crippen molar-refractivity contribution in [3.8, 4) is 5.75 Å². The summed E-state index contributed by atoms with van der Waals surface area (Å²) >= 11 is 0. The Balaban J connectivity index is 1.68. The molecule has 0 bridgehead atoms. The Bertz CT molecular complexity index is 720. The van der Waals surface area contributed by atoms with Crippen LogP contribution in [0.1, 0.15) is 43.7 Å². The van der Waals surface area contributed by atoms with Gasteiger partial charge in [0.25, 0.3) is 0 Å². The molecule has 2 heterocycles. The fourth-order valence-corrected chi connectivity index (χ4v) is 4.10. The third kappa shape index (κ3) is 2.97. The molecule has 2 aliphatic heterocycles. The summed E-state index contributed by atoms with van der Waals surface area (Å²) in [6.07, 6.45) is 3.80. The van der Waals surface area contributed by atoms with Gasteiger partial charge in [-0.1, -0.05) is 12.1 Å². The summed E-state index contributed by atoms with van der Waals surface area (Å²) in [6, 6.07) is 6.85. The second-order valence-corrected chi connectivity index (χ2v) is 7.44. The molecule has 3 aliphatic rings. The van der Waals surface area contributed by atoms with Gasteiger partial charge in [0.1, 0.15) is 5.75 Å². The molecule has 4 rings (SSSR count). The summed E-state index contributed by atoms with van der Waals surface area (Å²) in [7, 11) is 1.59. The van der Waals surface area contributed by atoms with Gasteiger partial charge in [-0.3, -0.25) is 19.3 Å². The van der Waals surface area contributed by atoms with Crippen LogP contribution in [-0.4, -0.2) is 47.7 Å². The van der Waals surface area contributed by atoms with Crippen molar-refractivity contribution in [2.75, 3.05) is 20.2 Å². The Labute approximate surface area is 153 Å². The molecule has 0 spiro atoms. The van der Waals surface area contributed by atoms with Gasteiger partial charge in [-0.2, -0.15) is 0 Å². The van der Waals surface area contributed by atoms with Crippen LogP contribution < -0.4 is 4.74 Å². The molecule has 6 nitrogen and oxygen atoms in total. The third-order valence-electron chi connectivity index (χ3n) is 5.68. The van der Waals surface area contributed by atoms with Crippen molar-refractivity contribution in [3.63, 3.8) is 0 Å². The molecule has 3 amide bonds. The maximum atomic E-state index is 13.1. The number of methoxy groups -OCH3 is 1. The van der Waals surface area contributed by atoms with Gasteiger partial charge in [-0.05, 0) is 43.4 Å². The lowest BCUT2D eigenvalue weighted by Crippen LogP contribution is -2.40. The zero-order valence-corrected chi connectivity index (χ0v) is 15.0.